The summed E-state index contributed by atoms with van der Waals surface area (Å²) in [4.78, 5) is 48.4. The molecule has 0 saturated carbocycles. The zero-order chi connectivity index (χ0) is 30.0. The second-order valence-electron chi connectivity index (χ2n) is 11.3. The number of aliphatic hydroxyl groups excluding tert-OH is 1. The molecular formula is C33H38ClN3O4S. The van der Waals surface area contributed by atoms with Crippen molar-refractivity contribution in [1.82, 2.24) is 9.80 Å². The monoisotopic (exact) mass is 607 g/mol. The van der Waals surface area contributed by atoms with Gasteiger partial charge in [0.15, 0.2) is 0 Å². The van der Waals surface area contributed by atoms with E-state index in [0.717, 1.165) is 12.0 Å². The number of fused-ring (bicyclic) bond motifs is 1. The second kappa shape index (κ2) is 12.7. The minimum Gasteiger partial charge on any atom is -0.394 e. The van der Waals surface area contributed by atoms with Gasteiger partial charge in [0, 0.05) is 35.6 Å². The molecule has 3 fully saturated rings. The normalized spacial score (nSPS) is 26.5. The van der Waals surface area contributed by atoms with Crippen LogP contribution in [0.3, 0.4) is 0 Å². The number of carbonyl (C=O) groups is 3. The zero-order valence-corrected chi connectivity index (χ0v) is 25.5. The van der Waals surface area contributed by atoms with Crippen LogP contribution >= 0.6 is 23.4 Å². The maximum atomic E-state index is 14.6. The Kier molecular flexibility index (Phi) is 9.16. The molecule has 1 N–H and O–H groups in total. The van der Waals surface area contributed by atoms with E-state index < -0.39 is 28.7 Å². The molecule has 3 aliphatic heterocycles. The highest BCUT2D eigenvalue weighted by molar-refractivity contribution is 8.02. The van der Waals surface area contributed by atoms with Gasteiger partial charge in [-0.05, 0) is 49.1 Å². The average Bonchev–Trinajstić information content (AvgIpc) is 3.64. The third-order valence-electron chi connectivity index (χ3n) is 8.93. The molecule has 0 aromatic heterocycles. The Hall–Kier alpha value is -3.07. The van der Waals surface area contributed by atoms with E-state index in [1.54, 1.807) is 62.9 Å². The molecule has 2 aromatic rings. The lowest BCUT2D eigenvalue weighted by molar-refractivity contribution is -0.145. The number of anilines is 1. The number of benzene rings is 2. The van der Waals surface area contributed by atoms with E-state index in [0.29, 0.717) is 36.6 Å². The standard InChI is InChI=1S/C33H38ClN3O4S/c1-4-18-35(20-22-10-8-7-9-11-22)30(39)27-26-16-17-33(42-26)28(27)31(40)37(24(6-3)21-38)29(33)32(41)36(19-5-2)25-14-12-23(34)13-15-25/h4-5,7-15,24,26-29,38H,1-2,6,16-21H2,3H3/t24-,26+,27-,28-,29?,33?/m0/s1. The number of hydrogen-bond donors (Lipinski definition) is 1. The van der Waals surface area contributed by atoms with Crippen LogP contribution in [0.15, 0.2) is 79.9 Å². The van der Waals surface area contributed by atoms with Crippen LogP contribution in [0.4, 0.5) is 5.69 Å². The van der Waals surface area contributed by atoms with Crippen LogP contribution in [0.5, 0.6) is 0 Å². The highest BCUT2D eigenvalue weighted by atomic mass is 35.5. The number of nitrogens with zero attached hydrogens (tertiary/aromatic N) is 3. The van der Waals surface area contributed by atoms with Gasteiger partial charge in [0.05, 0.1) is 29.2 Å². The minimum absolute atomic E-state index is 0.0652. The molecular weight excluding hydrogens is 570 g/mol. The third kappa shape index (κ3) is 5.18. The molecule has 3 saturated heterocycles. The van der Waals surface area contributed by atoms with Gasteiger partial charge in [-0.25, -0.2) is 0 Å². The summed E-state index contributed by atoms with van der Waals surface area (Å²) in [5.74, 6) is -1.73. The van der Waals surface area contributed by atoms with E-state index in [1.807, 2.05) is 37.3 Å². The van der Waals surface area contributed by atoms with Crippen LogP contribution in [0.2, 0.25) is 5.02 Å². The summed E-state index contributed by atoms with van der Waals surface area (Å²) in [7, 11) is 0. The molecule has 5 rings (SSSR count). The number of carbonyl (C=O) groups excluding carboxylic acids is 3. The predicted octanol–water partition coefficient (Wildman–Crippen LogP) is 4.94. The molecule has 1 spiro atoms. The molecule has 9 heteroatoms. The van der Waals surface area contributed by atoms with Gasteiger partial charge in [0.25, 0.3) is 5.91 Å². The van der Waals surface area contributed by atoms with Crippen LogP contribution in [-0.2, 0) is 20.9 Å². The third-order valence-corrected chi connectivity index (χ3v) is 11.1. The second-order valence-corrected chi connectivity index (χ2v) is 13.3. The molecule has 3 heterocycles. The first-order chi connectivity index (χ1) is 20.3. The Morgan fingerprint density at radius 3 is 2.43 bits per heavy atom. The van der Waals surface area contributed by atoms with Gasteiger partial charge in [0.1, 0.15) is 6.04 Å². The van der Waals surface area contributed by atoms with E-state index >= 15 is 0 Å². The first-order valence-electron chi connectivity index (χ1n) is 14.5. The number of halogens is 1. The first kappa shape index (κ1) is 30.4. The van der Waals surface area contributed by atoms with Gasteiger partial charge >= 0.3 is 0 Å². The molecule has 2 bridgehead atoms. The Balaban J connectivity index is 1.55. The van der Waals surface area contributed by atoms with Crippen molar-refractivity contribution < 1.29 is 19.5 Å². The molecule has 6 atom stereocenters. The molecule has 2 aromatic carbocycles. The Morgan fingerprint density at radius 2 is 1.81 bits per heavy atom. The SMILES string of the molecule is C=CCN(Cc1ccccc1)C(=O)[C@@H]1[C@H]2C(=O)N([C@@H](CC)CO)C(C(=O)N(CC=C)c3ccc(Cl)cc3)C23CC[C@H]1S3. The molecule has 3 amide bonds. The van der Waals surface area contributed by atoms with Gasteiger partial charge < -0.3 is 19.8 Å². The van der Waals surface area contributed by atoms with Gasteiger partial charge in [-0.3, -0.25) is 14.4 Å². The fraction of sp³-hybridized carbons (Fsp3) is 0.424. The van der Waals surface area contributed by atoms with E-state index in [4.69, 9.17) is 11.6 Å². The lowest BCUT2D eigenvalue weighted by atomic mass is 9.70. The molecule has 7 nitrogen and oxygen atoms in total. The summed E-state index contributed by atoms with van der Waals surface area (Å²) in [6, 6.07) is 15.5. The fourth-order valence-corrected chi connectivity index (χ4v) is 9.40. The van der Waals surface area contributed by atoms with Crippen molar-refractivity contribution >= 4 is 46.8 Å². The van der Waals surface area contributed by atoms with Gasteiger partial charge in [-0.15, -0.1) is 24.9 Å². The van der Waals surface area contributed by atoms with Crippen LogP contribution in [-0.4, -0.2) is 74.4 Å². The lowest BCUT2D eigenvalue weighted by Crippen LogP contribution is -2.57. The number of amides is 3. The van der Waals surface area contributed by atoms with Gasteiger partial charge in [0.2, 0.25) is 11.8 Å². The van der Waals surface area contributed by atoms with E-state index in [-0.39, 0.29) is 36.1 Å². The summed E-state index contributed by atoms with van der Waals surface area (Å²) >= 11 is 7.77. The number of rotatable bonds is 12. The smallest absolute Gasteiger partial charge is 0.251 e. The van der Waals surface area contributed by atoms with Crippen molar-refractivity contribution in [3.05, 3.63) is 90.5 Å². The fourth-order valence-electron chi connectivity index (χ4n) is 7.08. The Bertz CT molecular complexity index is 1330. The highest BCUT2D eigenvalue weighted by Crippen LogP contribution is 2.67. The summed E-state index contributed by atoms with van der Waals surface area (Å²) in [6.07, 6.45) is 5.26. The lowest BCUT2D eigenvalue weighted by Gasteiger charge is -2.39. The summed E-state index contributed by atoms with van der Waals surface area (Å²) in [6.45, 7) is 10.4. The summed E-state index contributed by atoms with van der Waals surface area (Å²) < 4.78 is -0.764. The summed E-state index contributed by atoms with van der Waals surface area (Å²) in [5.41, 5.74) is 1.65. The molecule has 0 aliphatic carbocycles. The van der Waals surface area contributed by atoms with Crippen LogP contribution in [0.25, 0.3) is 0 Å². The number of hydrogen-bond acceptors (Lipinski definition) is 5. The van der Waals surface area contributed by atoms with E-state index in [9.17, 15) is 19.5 Å². The molecule has 3 aliphatic rings. The van der Waals surface area contributed by atoms with Gasteiger partial charge in [-0.1, -0.05) is 61.0 Å². The molecule has 42 heavy (non-hydrogen) atoms. The van der Waals surface area contributed by atoms with Crippen molar-refractivity contribution in [3.63, 3.8) is 0 Å². The number of aliphatic hydroxyl groups is 1. The minimum atomic E-state index is -0.822. The van der Waals surface area contributed by atoms with Crippen LogP contribution in [0.1, 0.15) is 31.7 Å². The van der Waals surface area contributed by atoms with Gasteiger partial charge in [-0.2, -0.15) is 0 Å². The van der Waals surface area contributed by atoms with Crippen LogP contribution < -0.4 is 4.90 Å². The quantitative estimate of drug-likeness (QED) is 0.346. The topological polar surface area (TPSA) is 81.2 Å². The molecule has 2 unspecified atom stereocenters. The van der Waals surface area contributed by atoms with Crippen LogP contribution in [0, 0.1) is 11.8 Å². The van der Waals surface area contributed by atoms with Crippen molar-refractivity contribution in [3.8, 4) is 0 Å². The van der Waals surface area contributed by atoms with Crippen molar-refractivity contribution in [2.75, 3.05) is 24.6 Å². The van der Waals surface area contributed by atoms with E-state index in [1.165, 1.54) is 0 Å². The maximum absolute atomic E-state index is 14.6. The number of likely N-dealkylation sites (tertiary alicyclic amines) is 1. The predicted molar refractivity (Wildman–Crippen MR) is 168 cm³/mol. The zero-order valence-electron chi connectivity index (χ0n) is 23.9. The van der Waals surface area contributed by atoms with E-state index in [2.05, 4.69) is 13.2 Å². The van der Waals surface area contributed by atoms with Crippen molar-refractivity contribution in [1.29, 1.82) is 0 Å². The van der Waals surface area contributed by atoms with Crippen molar-refractivity contribution in [2.45, 2.75) is 54.8 Å². The maximum Gasteiger partial charge on any atom is 0.251 e. The number of thioether (sulfide) groups is 1. The molecule has 0 radical (unpaired) electrons. The van der Waals surface area contributed by atoms with Crippen molar-refractivity contribution in [2.24, 2.45) is 11.8 Å². The molecule has 222 valence electrons. The average molecular weight is 608 g/mol. The highest BCUT2D eigenvalue weighted by Gasteiger charge is 2.74. The Morgan fingerprint density at radius 1 is 1.12 bits per heavy atom. The summed E-state index contributed by atoms with van der Waals surface area (Å²) in [5, 5.41) is 10.9. The largest absolute Gasteiger partial charge is 0.394 e. The Labute approximate surface area is 257 Å². The first-order valence-corrected chi connectivity index (χ1v) is 15.8.